The molecule has 176 valence electrons. The Morgan fingerprint density at radius 1 is 1.15 bits per heavy atom. The molecule has 2 aromatic carbocycles. The summed E-state index contributed by atoms with van der Waals surface area (Å²) in [6, 6.07) is 9.44. The van der Waals surface area contributed by atoms with Crippen LogP contribution in [0.4, 0.5) is 18.9 Å². The Labute approximate surface area is 194 Å². The molecule has 34 heavy (non-hydrogen) atoms. The van der Waals surface area contributed by atoms with Crippen LogP contribution in [0.15, 0.2) is 42.7 Å². The molecule has 3 aromatic rings. The van der Waals surface area contributed by atoms with Gasteiger partial charge in [0.15, 0.2) is 0 Å². The number of carbonyl (C=O) groups is 2. The summed E-state index contributed by atoms with van der Waals surface area (Å²) >= 11 is 0. The quantitative estimate of drug-likeness (QED) is 0.487. The molecule has 2 aliphatic rings. The van der Waals surface area contributed by atoms with Crippen LogP contribution in [-0.2, 0) is 19.8 Å². The average Bonchev–Trinajstić information content (AvgIpc) is 3.55. The lowest BCUT2D eigenvalue weighted by molar-refractivity contribution is -0.138. The largest absolute Gasteiger partial charge is 0.416 e. The van der Waals surface area contributed by atoms with E-state index in [-0.39, 0.29) is 29.2 Å². The zero-order chi connectivity index (χ0) is 24.0. The molecule has 0 spiro atoms. The first-order valence-corrected chi connectivity index (χ1v) is 11.2. The van der Waals surface area contributed by atoms with Crippen LogP contribution in [0.25, 0.3) is 0 Å². The molecular formula is C25H23F3N4O2. The summed E-state index contributed by atoms with van der Waals surface area (Å²) in [7, 11) is 1.89. The highest BCUT2D eigenvalue weighted by Crippen LogP contribution is 2.43. The lowest BCUT2D eigenvalue weighted by atomic mass is 9.84. The predicted molar refractivity (Wildman–Crippen MR) is 119 cm³/mol. The molecule has 9 heteroatoms. The Hall–Kier alpha value is -3.49. The number of carbonyl (C=O) groups excluding carboxylic acids is 2. The number of benzene rings is 2. The van der Waals surface area contributed by atoms with E-state index in [4.69, 9.17) is 0 Å². The molecule has 0 unspecified atom stereocenters. The van der Waals surface area contributed by atoms with Crippen LogP contribution in [0.3, 0.4) is 0 Å². The number of fused-ring (bicyclic) bond motifs is 1. The van der Waals surface area contributed by atoms with Crippen LogP contribution >= 0.6 is 0 Å². The predicted octanol–water partition coefficient (Wildman–Crippen LogP) is 5.13. The molecule has 0 radical (unpaired) electrons. The van der Waals surface area contributed by atoms with Crippen molar-refractivity contribution in [2.45, 2.75) is 44.3 Å². The molecule has 1 fully saturated rings. The summed E-state index contributed by atoms with van der Waals surface area (Å²) in [6.07, 6.45) is 1.71. The first-order valence-electron chi connectivity index (χ1n) is 11.2. The SMILES string of the molecule is Cn1cnnc1[C@@H](c1cccc(N2Cc3c(cc(C=O)cc3C(F)(F)F)C2=O)c1)C1CCCC1. The van der Waals surface area contributed by atoms with E-state index >= 15 is 0 Å². The minimum Gasteiger partial charge on any atom is -0.320 e. The van der Waals surface area contributed by atoms with Gasteiger partial charge in [-0.2, -0.15) is 13.2 Å². The van der Waals surface area contributed by atoms with E-state index in [0.717, 1.165) is 43.1 Å². The van der Waals surface area contributed by atoms with E-state index in [0.29, 0.717) is 17.9 Å². The van der Waals surface area contributed by atoms with Crippen molar-refractivity contribution in [3.8, 4) is 0 Å². The summed E-state index contributed by atoms with van der Waals surface area (Å²) in [5.74, 6) is 0.631. The molecule has 0 N–H and O–H groups in total. The zero-order valence-electron chi connectivity index (χ0n) is 18.5. The van der Waals surface area contributed by atoms with Crippen molar-refractivity contribution >= 4 is 17.9 Å². The number of anilines is 1. The maximum atomic E-state index is 13.7. The number of rotatable bonds is 5. The highest BCUT2D eigenvalue weighted by Gasteiger charge is 2.41. The fraction of sp³-hybridized carbons (Fsp3) is 0.360. The number of amides is 1. The van der Waals surface area contributed by atoms with Gasteiger partial charge in [0, 0.05) is 29.8 Å². The molecular weight excluding hydrogens is 445 g/mol. The van der Waals surface area contributed by atoms with E-state index in [2.05, 4.69) is 10.2 Å². The van der Waals surface area contributed by atoms with Gasteiger partial charge in [-0.05, 0) is 54.2 Å². The second-order valence-electron chi connectivity index (χ2n) is 9.02. The molecule has 1 aromatic heterocycles. The van der Waals surface area contributed by atoms with Crippen molar-refractivity contribution in [2.75, 3.05) is 4.90 Å². The molecule has 0 bridgehead atoms. The lowest BCUT2D eigenvalue weighted by Crippen LogP contribution is -2.24. The van der Waals surface area contributed by atoms with Crippen LogP contribution < -0.4 is 4.90 Å². The van der Waals surface area contributed by atoms with Gasteiger partial charge in [-0.1, -0.05) is 25.0 Å². The number of nitrogens with zero attached hydrogens (tertiary/aromatic N) is 4. The maximum absolute atomic E-state index is 13.7. The molecule has 6 nitrogen and oxygen atoms in total. The number of hydrogen-bond donors (Lipinski definition) is 0. The second-order valence-corrected chi connectivity index (χ2v) is 9.02. The fourth-order valence-electron chi connectivity index (χ4n) is 5.34. The highest BCUT2D eigenvalue weighted by atomic mass is 19.4. The summed E-state index contributed by atoms with van der Waals surface area (Å²) in [4.78, 5) is 25.8. The van der Waals surface area contributed by atoms with Crippen molar-refractivity contribution in [1.29, 1.82) is 0 Å². The summed E-state index contributed by atoms with van der Waals surface area (Å²) in [5.41, 5.74) is 0.177. The molecule has 0 saturated heterocycles. The summed E-state index contributed by atoms with van der Waals surface area (Å²) in [6.45, 7) is -0.205. The van der Waals surface area contributed by atoms with E-state index in [1.54, 1.807) is 12.4 Å². The molecule has 1 saturated carbocycles. The zero-order valence-corrected chi connectivity index (χ0v) is 18.5. The van der Waals surface area contributed by atoms with Crippen LogP contribution in [0.1, 0.15) is 74.8 Å². The van der Waals surface area contributed by atoms with Gasteiger partial charge < -0.3 is 9.47 Å². The van der Waals surface area contributed by atoms with Crippen LogP contribution in [0.2, 0.25) is 0 Å². The number of aromatic nitrogens is 3. The summed E-state index contributed by atoms with van der Waals surface area (Å²) < 4.78 is 43.0. The monoisotopic (exact) mass is 468 g/mol. The number of hydrogen-bond acceptors (Lipinski definition) is 4. The Morgan fingerprint density at radius 3 is 2.56 bits per heavy atom. The van der Waals surface area contributed by atoms with Crippen LogP contribution in [0.5, 0.6) is 0 Å². The van der Waals surface area contributed by atoms with Crippen molar-refractivity contribution in [2.24, 2.45) is 13.0 Å². The van der Waals surface area contributed by atoms with Gasteiger partial charge in [-0.25, -0.2) is 0 Å². The average molecular weight is 468 g/mol. The second kappa shape index (κ2) is 8.38. The van der Waals surface area contributed by atoms with Crippen molar-refractivity contribution in [1.82, 2.24) is 14.8 Å². The van der Waals surface area contributed by atoms with E-state index < -0.39 is 17.6 Å². The van der Waals surface area contributed by atoms with Gasteiger partial charge in [0.05, 0.1) is 12.1 Å². The standard InChI is InChI=1S/C25H23F3N4O2/c1-31-14-29-30-23(31)22(16-5-2-3-6-16)17-7-4-8-18(11-17)32-12-20-19(24(32)34)9-15(13-33)10-21(20)25(26,27)28/h4,7-11,13-14,16,22H,2-3,5-6,12H2,1H3/t22-/m1/s1. The number of aryl methyl sites for hydroxylation is 1. The van der Waals surface area contributed by atoms with Gasteiger partial charge in [-0.3, -0.25) is 9.59 Å². The molecule has 5 rings (SSSR count). The maximum Gasteiger partial charge on any atom is 0.416 e. The number of halogens is 3. The Bertz CT molecular complexity index is 1260. The van der Waals surface area contributed by atoms with Gasteiger partial charge in [0.25, 0.3) is 5.91 Å². The summed E-state index contributed by atoms with van der Waals surface area (Å²) in [5, 5.41) is 8.38. The van der Waals surface area contributed by atoms with Gasteiger partial charge >= 0.3 is 6.18 Å². The third-order valence-corrected chi connectivity index (χ3v) is 6.94. The van der Waals surface area contributed by atoms with Crippen molar-refractivity contribution in [3.05, 3.63) is 76.4 Å². The van der Waals surface area contributed by atoms with Gasteiger partial charge in [-0.15, -0.1) is 10.2 Å². The Balaban J connectivity index is 1.55. The minimum atomic E-state index is -4.67. The first kappa shape index (κ1) is 22.3. The van der Waals surface area contributed by atoms with E-state index in [9.17, 15) is 22.8 Å². The topological polar surface area (TPSA) is 68.1 Å². The number of alkyl halides is 3. The third-order valence-electron chi connectivity index (χ3n) is 6.94. The van der Waals surface area contributed by atoms with E-state index in [1.165, 1.54) is 11.0 Å². The Morgan fingerprint density at radius 2 is 1.91 bits per heavy atom. The van der Waals surface area contributed by atoms with Crippen LogP contribution in [0, 0.1) is 5.92 Å². The minimum absolute atomic E-state index is 0.0255. The fourth-order valence-corrected chi connectivity index (χ4v) is 5.34. The molecule has 1 atom stereocenters. The number of aldehydes is 1. The molecule has 1 amide bonds. The van der Waals surface area contributed by atoms with Crippen LogP contribution in [-0.4, -0.2) is 27.0 Å². The Kier molecular flexibility index (Phi) is 5.50. The van der Waals surface area contributed by atoms with E-state index in [1.807, 2.05) is 29.8 Å². The molecule has 1 aliphatic heterocycles. The lowest BCUT2D eigenvalue weighted by Gasteiger charge is -2.25. The van der Waals surface area contributed by atoms with Crippen molar-refractivity contribution in [3.63, 3.8) is 0 Å². The van der Waals surface area contributed by atoms with Crippen molar-refractivity contribution < 1.29 is 22.8 Å². The smallest absolute Gasteiger partial charge is 0.320 e. The molecule has 1 aliphatic carbocycles. The van der Waals surface area contributed by atoms with Gasteiger partial charge in [0.1, 0.15) is 18.4 Å². The third kappa shape index (κ3) is 3.78. The van der Waals surface area contributed by atoms with Gasteiger partial charge in [0.2, 0.25) is 0 Å². The first-order chi connectivity index (χ1) is 16.3. The highest BCUT2D eigenvalue weighted by molar-refractivity contribution is 6.11. The normalized spacial score (nSPS) is 17.3. The molecule has 2 heterocycles.